The summed E-state index contributed by atoms with van der Waals surface area (Å²) in [6.45, 7) is 3.90. The Morgan fingerprint density at radius 1 is 1.20 bits per heavy atom. The number of halogens is 2. The van der Waals surface area contributed by atoms with Crippen LogP contribution in [0.3, 0.4) is 0 Å². The van der Waals surface area contributed by atoms with Gasteiger partial charge in [-0.3, -0.25) is 0 Å². The van der Waals surface area contributed by atoms with Gasteiger partial charge in [-0.15, -0.1) is 0 Å². The molecule has 1 N–H and O–H groups in total. The number of benzene rings is 2. The largest absolute Gasteiger partial charge is 0.478 e. The third kappa shape index (κ3) is 2.82. The first kappa shape index (κ1) is 14.5. The number of carbonyl (C=O) groups is 1. The number of ether oxygens (including phenoxy) is 1. The topological polar surface area (TPSA) is 46.5 Å². The summed E-state index contributed by atoms with van der Waals surface area (Å²) in [7, 11) is 0. The van der Waals surface area contributed by atoms with E-state index in [0.717, 1.165) is 11.1 Å². The normalized spacial score (nSPS) is 10.4. The fraction of sp³-hybridized carbons (Fsp3) is 0.133. The molecule has 5 heteroatoms. The predicted octanol–water partition coefficient (Wildman–Crippen LogP) is 4.70. The van der Waals surface area contributed by atoms with Crippen molar-refractivity contribution >= 4 is 21.9 Å². The van der Waals surface area contributed by atoms with Gasteiger partial charge in [0.05, 0.1) is 10.0 Å². The Kier molecular flexibility index (Phi) is 4.09. The minimum absolute atomic E-state index is 0.0230. The minimum atomic E-state index is -1.20. The maximum atomic E-state index is 14.1. The van der Waals surface area contributed by atoms with E-state index in [-0.39, 0.29) is 15.8 Å². The number of carboxylic acid groups (broad SMARTS) is 1. The number of carboxylic acids is 1. The molecule has 2 rings (SSSR count). The average molecular weight is 339 g/mol. The van der Waals surface area contributed by atoms with Crippen molar-refractivity contribution in [3.63, 3.8) is 0 Å². The SMILES string of the molecule is Cc1ccc(Oc2ccc(C(=O)O)c(Br)c2F)cc1C. The number of rotatable bonds is 3. The van der Waals surface area contributed by atoms with E-state index in [9.17, 15) is 9.18 Å². The van der Waals surface area contributed by atoms with Crippen LogP contribution in [-0.2, 0) is 0 Å². The first-order valence-corrected chi connectivity index (χ1v) is 6.66. The maximum absolute atomic E-state index is 14.1. The molecule has 0 heterocycles. The summed E-state index contributed by atoms with van der Waals surface area (Å²) in [5.74, 6) is -1.45. The monoisotopic (exact) mass is 338 g/mol. The highest BCUT2D eigenvalue weighted by molar-refractivity contribution is 9.10. The molecule has 0 saturated carbocycles. The minimum Gasteiger partial charge on any atom is -0.478 e. The molecule has 0 bridgehead atoms. The highest BCUT2D eigenvalue weighted by Crippen LogP contribution is 2.32. The van der Waals surface area contributed by atoms with Crippen LogP contribution in [0.1, 0.15) is 21.5 Å². The van der Waals surface area contributed by atoms with Crippen LogP contribution in [0.15, 0.2) is 34.8 Å². The van der Waals surface area contributed by atoms with E-state index in [2.05, 4.69) is 15.9 Å². The van der Waals surface area contributed by atoms with Gasteiger partial charge in [0, 0.05) is 0 Å². The number of aryl methyl sites for hydroxylation is 2. The molecule has 20 heavy (non-hydrogen) atoms. The summed E-state index contributed by atoms with van der Waals surface area (Å²) in [6, 6.07) is 8.02. The Morgan fingerprint density at radius 2 is 1.90 bits per heavy atom. The number of aromatic carboxylic acids is 1. The Morgan fingerprint density at radius 3 is 2.50 bits per heavy atom. The molecule has 3 nitrogen and oxygen atoms in total. The van der Waals surface area contributed by atoms with Crippen LogP contribution in [0.2, 0.25) is 0 Å². The van der Waals surface area contributed by atoms with Gasteiger partial charge < -0.3 is 9.84 Å². The van der Waals surface area contributed by atoms with Crippen molar-refractivity contribution in [2.45, 2.75) is 13.8 Å². The second kappa shape index (κ2) is 5.63. The zero-order valence-corrected chi connectivity index (χ0v) is 12.5. The Labute approximate surface area is 124 Å². The van der Waals surface area contributed by atoms with Gasteiger partial charge in [-0.05, 0) is 65.2 Å². The zero-order chi connectivity index (χ0) is 14.9. The second-order valence-electron chi connectivity index (χ2n) is 4.39. The lowest BCUT2D eigenvalue weighted by atomic mass is 10.1. The van der Waals surface area contributed by atoms with E-state index in [0.29, 0.717) is 5.75 Å². The molecule has 0 radical (unpaired) electrons. The summed E-state index contributed by atoms with van der Waals surface area (Å²) < 4.78 is 19.4. The lowest BCUT2D eigenvalue weighted by molar-refractivity contribution is 0.0695. The van der Waals surface area contributed by atoms with E-state index in [1.807, 2.05) is 19.9 Å². The first-order valence-electron chi connectivity index (χ1n) is 5.86. The smallest absolute Gasteiger partial charge is 0.336 e. The van der Waals surface area contributed by atoms with Crippen LogP contribution in [0, 0.1) is 19.7 Å². The lowest BCUT2D eigenvalue weighted by Crippen LogP contribution is -2.00. The third-order valence-corrected chi connectivity index (χ3v) is 3.76. The van der Waals surface area contributed by atoms with E-state index in [1.54, 1.807) is 12.1 Å². The van der Waals surface area contributed by atoms with Gasteiger partial charge in [0.25, 0.3) is 0 Å². The summed E-state index contributed by atoms with van der Waals surface area (Å²) in [4.78, 5) is 10.9. The van der Waals surface area contributed by atoms with Crippen LogP contribution in [0.5, 0.6) is 11.5 Å². The van der Waals surface area contributed by atoms with Crippen molar-refractivity contribution in [3.8, 4) is 11.5 Å². The summed E-state index contributed by atoms with van der Waals surface area (Å²) >= 11 is 2.94. The molecule has 2 aromatic rings. The van der Waals surface area contributed by atoms with Crippen LogP contribution < -0.4 is 4.74 Å². The van der Waals surface area contributed by atoms with Crippen molar-refractivity contribution in [1.29, 1.82) is 0 Å². The molecule has 0 aliphatic heterocycles. The Balaban J connectivity index is 2.37. The molecule has 0 aliphatic rings. The summed E-state index contributed by atoms with van der Waals surface area (Å²) in [5.41, 5.74) is 2.00. The fourth-order valence-corrected chi connectivity index (χ4v) is 2.18. The average Bonchev–Trinajstić information content (AvgIpc) is 2.39. The van der Waals surface area contributed by atoms with E-state index in [1.165, 1.54) is 12.1 Å². The quantitative estimate of drug-likeness (QED) is 0.882. The van der Waals surface area contributed by atoms with Crippen molar-refractivity contribution < 1.29 is 19.0 Å². The Bertz CT molecular complexity index is 683. The van der Waals surface area contributed by atoms with Gasteiger partial charge in [0.2, 0.25) is 0 Å². The molecule has 104 valence electrons. The molecule has 0 aliphatic carbocycles. The first-order chi connectivity index (χ1) is 9.40. The van der Waals surface area contributed by atoms with Gasteiger partial charge in [0.1, 0.15) is 5.75 Å². The number of hydrogen-bond acceptors (Lipinski definition) is 2. The van der Waals surface area contributed by atoms with E-state index < -0.39 is 11.8 Å². The van der Waals surface area contributed by atoms with Gasteiger partial charge >= 0.3 is 5.97 Å². The molecule has 0 aromatic heterocycles. The molecule has 0 atom stereocenters. The van der Waals surface area contributed by atoms with Gasteiger partial charge in [-0.1, -0.05) is 6.07 Å². The fourth-order valence-electron chi connectivity index (χ4n) is 1.68. The summed E-state index contributed by atoms with van der Waals surface area (Å²) in [6.07, 6.45) is 0. The molecule has 0 amide bonds. The van der Waals surface area contributed by atoms with Crippen LogP contribution >= 0.6 is 15.9 Å². The third-order valence-electron chi connectivity index (χ3n) is 2.98. The zero-order valence-electron chi connectivity index (χ0n) is 10.9. The van der Waals surface area contributed by atoms with Crippen molar-refractivity contribution in [2.75, 3.05) is 0 Å². The second-order valence-corrected chi connectivity index (χ2v) is 5.19. The van der Waals surface area contributed by atoms with Crippen LogP contribution in [0.25, 0.3) is 0 Å². The van der Waals surface area contributed by atoms with Crippen molar-refractivity contribution in [2.24, 2.45) is 0 Å². The highest BCUT2D eigenvalue weighted by atomic mass is 79.9. The maximum Gasteiger partial charge on any atom is 0.336 e. The standard InChI is InChI=1S/C15H12BrFO3/c1-8-3-4-10(7-9(8)2)20-12-6-5-11(15(18)19)13(16)14(12)17/h3-7H,1-2H3,(H,18,19). The molecular weight excluding hydrogens is 327 g/mol. The number of hydrogen-bond donors (Lipinski definition) is 1. The molecule has 0 unspecified atom stereocenters. The van der Waals surface area contributed by atoms with Crippen LogP contribution in [0.4, 0.5) is 4.39 Å². The molecule has 0 saturated heterocycles. The van der Waals surface area contributed by atoms with Crippen molar-refractivity contribution in [3.05, 3.63) is 57.3 Å². The Hall–Kier alpha value is -1.88. The highest BCUT2D eigenvalue weighted by Gasteiger charge is 2.17. The summed E-state index contributed by atoms with van der Waals surface area (Å²) in [5, 5.41) is 8.90. The van der Waals surface area contributed by atoms with Crippen LogP contribution in [-0.4, -0.2) is 11.1 Å². The van der Waals surface area contributed by atoms with Crippen molar-refractivity contribution in [1.82, 2.24) is 0 Å². The molecule has 0 fully saturated rings. The molecule has 2 aromatic carbocycles. The predicted molar refractivity (Wildman–Crippen MR) is 77.0 cm³/mol. The molecular formula is C15H12BrFO3. The molecule has 0 spiro atoms. The van der Waals surface area contributed by atoms with Gasteiger partial charge in [-0.25, -0.2) is 9.18 Å². The lowest BCUT2D eigenvalue weighted by Gasteiger charge is -2.10. The van der Waals surface area contributed by atoms with E-state index in [4.69, 9.17) is 9.84 Å². The van der Waals surface area contributed by atoms with E-state index >= 15 is 0 Å². The van der Waals surface area contributed by atoms with Gasteiger partial charge in [0.15, 0.2) is 11.6 Å². The van der Waals surface area contributed by atoms with Gasteiger partial charge in [-0.2, -0.15) is 0 Å².